The summed E-state index contributed by atoms with van der Waals surface area (Å²) in [4.78, 5) is 5.17. The zero-order valence-corrected chi connectivity index (χ0v) is 11.0. The lowest BCUT2D eigenvalue weighted by molar-refractivity contribution is 0.111. The number of hydrogen-bond donors (Lipinski definition) is 0. The van der Waals surface area contributed by atoms with E-state index in [1.807, 2.05) is 0 Å². The van der Waals surface area contributed by atoms with E-state index in [4.69, 9.17) is 0 Å². The summed E-state index contributed by atoms with van der Waals surface area (Å²) in [5.41, 5.74) is 0. The maximum Gasteiger partial charge on any atom is -0.00161 e. The van der Waals surface area contributed by atoms with Gasteiger partial charge >= 0.3 is 0 Å². The van der Waals surface area contributed by atoms with Crippen molar-refractivity contribution in [1.29, 1.82) is 0 Å². The predicted octanol–water partition coefficient (Wildman–Crippen LogP) is 1.38. The van der Waals surface area contributed by atoms with Gasteiger partial charge in [0.05, 0.1) is 0 Å². The van der Waals surface area contributed by atoms with Crippen molar-refractivity contribution in [3.05, 3.63) is 0 Å². The van der Waals surface area contributed by atoms with Gasteiger partial charge in [-0.3, -0.25) is 0 Å². The molecule has 0 aromatic heterocycles. The lowest BCUT2D eigenvalue weighted by Gasteiger charge is -2.38. The standard InChI is InChI=1S/2C7H13N.H2O/c2*1-4-8-5-2-7(1)3-6-8;/h2*7H,1-6H2;1H2. The molecule has 0 saturated carbocycles. The molecule has 17 heavy (non-hydrogen) atoms. The minimum Gasteiger partial charge on any atom is -0.412 e. The molecule has 0 aliphatic carbocycles. The van der Waals surface area contributed by atoms with Crippen LogP contribution in [0.25, 0.3) is 0 Å². The van der Waals surface area contributed by atoms with E-state index < -0.39 is 0 Å². The fourth-order valence-corrected chi connectivity index (χ4v) is 3.73. The molecule has 6 fully saturated rings. The van der Waals surface area contributed by atoms with Gasteiger partial charge in [-0.05, 0) is 89.6 Å². The highest BCUT2D eigenvalue weighted by molar-refractivity contribution is 4.79. The number of nitrogens with zero attached hydrogens (tertiary/aromatic N) is 2. The number of hydrogen-bond acceptors (Lipinski definition) is 2. The molecule has 0 unspecified atom stereocenters. The van der Waals surface area contributed by atoms with Gasteiger partial charge in [0.25, 0.3) is 0 Å². The van der Waals surface area contributed by atoms with Crippen LogP contribution in [0, 0.1) is 11.8 Å². The van der Waals surface area contributed by atoms with Crippen molar-refractivity contribution in [3.63, 3.8) is 0 Å². The third-order valence-electron chi connectivity index (χ3n) is 5.12. The van der Waals surface area contributed by atoms with Crippen LogP contribution >= 0.6 is 0 Å². The van der Waals surface area contributed by atoms with Gasteiger partial charge in [-0.25, -0.2) is 0 Å². The fourth-order valence-electron chi connectivity index (χ4n) is 3.73. The molecule has 6 heterocycles. The molecule has 6 aliphatic heterocycles. The first kappa shape index (κ1) is 13.3. The Morgan fingerprint density at radius 3 is 0.765 bits per heavy atom. The van der Waals surface area contributed by atoms with Crippen LogP contribution in [0.2, 0.25) is 0 Å². The third-order valence-corrected chi connectivity index (χ3v) is 5.12. The van der Waals surface area contributed by atoms with Crippen molar-refractivity contribution >= 4 is 0 Å². The summed E-state index contributed by atoms with van der Waals surface area (Å²) in [6.45, 7) is 8.36. The SMILES string of the molecule is C1CN2CCC1CC2.C1CN2CCC1CC2.O. The Kier molecular flexibility index (Phi) is 4.83. The first-order valence-electron chi connectivity index (χ1n) is 7.35. The molecular formula is C14H28N2O. The molecule has 0 radical (unpaired) electrons. The smallest absolute Gasteiger partial charge is 0.00161 e. The highest BCUT2D eigenvalue weighted by atomic mass is 16.0. The molecule has 100 valence electrons. The van der Waals surface area contributed by atoms with Crippen LogP contribution in [-0.4, -0.2) is 54.5 Å². The van der Waals surface area contributed by atoms with E-state index in [-0.39, 0.29) is 5.48 Å². The average molecular weight is 240 g/mol. The van der Waals surface area contributed by atoms with Gasteiger partial charge in [0.1, 0.15) is 0 Å². The third kappa shape index (κ3) is 3.43. The van der Waals surface area contributed by atoms with Gasteiger partial charge in [0.2, 0.25) is 0 Å². The predicted molar refractivity (Wildman–Crippen MR) is 71.2 cm³/mol. The van der Waals surface area contributed by atoms with Gasteiger partial charge in [0, 0.05) is 0 Å². The van der Waals surface area contributed by atoms with Crippen LogP contribution in [0.5, 0.6) is 0 Å². The first-order valence-corrected chi connectivity index (χ1v) is 7.35. The van der Waals surface area contributed by atoms with E-state index >= 15 is 0 Å². The average Bonchev–Trinajstić information content (AvgIpc) is 2.44. The topological polar surface area (TPSA) is 38.0 Å². The van der Waals surface area contributed by atoms with Crippen LogP contribution < -0.4 is 0 Å². The Labute approximate surface area is 105 Å². The Bertz CT molecular complexity index is 148. The minimum absolute atomic E-state index is 0. The Morgan fingerprint density at radius 1 is 0.471 bits per heavy atom. The molecule has 6 rings (SSSR count). The van der Waals surface area contributed by atoms with Gasteiger partial charge in [-0.2, -0.15) is 0 Å². The molecule has 0 amide bonds. The summed E-state index contributed by atoms with van der Waals surface area (Å²) in [7, 11) is 0. The molecule has 0 aromatic rings. The van der Waals surface area contributed by atoms with E-state index in [1.54, 1.807) is 0 Å². The van der Waals surface area contributed by atoms with E-state index in [2.05, 4.69) is 9.80 Å². The summed E-state index contributed by atoms with van der Waals surface area (Å²) >= 11 is 0. The molecule has 3 nitrogen and oxygen atoms in total. The monoisotopic (exact) mass is 240 g/mol. The molecule has 6 saturated heterocycles. The van der Waals surface area contributed by atoms with Crippen LogP contribution in [0.4, 0.5) is 0 Å². The van der Waals surface area contributed by atoms with Gasteiger partial charge in [-0.1, -0.05) is 0 Å². The Morgan fingerprint density at radius 2 is 0.706 bits per heavy atom. The van der Waals surface area contributed by atoms with Crippen molar-refractivity contribution in [3.8, 4) is 0 Å². The second-order valence-corrected chi connectivity index (χ2v) is 6.15. The quantitative estimate of drug-likeness (QED) is 0.641. The fraction of sp³-hybridized carbons (Fsp3) is 1.00. The first-order chi connectivity index (χ1) is 7.90. The summed E-state index contributed by atoms with van der Waals surface area (Å²) in [6, 6.07) is 0. The lowest BCUT2D eigenvalue weighted by Crippen LogP contribution is -2.41. The lowest BCUT2D eigenvalue weighted by atomic mass is 9.89. The van der Waals surface area contributed by atoms with E-state index in [1.165, 1.54) is 77.8 Å². The van der Waals surface area contributed by atoms with Crippen molar-refractivity contribution in [2.75, 3.05) is 39.3 Å². The highest BCUT2D eigenvalue weighted by Crippen LogP contribution is 2.26. The Balaban J connectivity index is 0.000000120. The Hall–Kier alpha value is -0.120. The van der Waals surface area contributed by atoms with Gasteiger partial charge in [0.15, 0.2) is 0 Å². The second-order valence-electron chi connectivity index (χ2n) is 6.15. The zero-order chi connectivity index (χ0) is 10.8. The number of fused-ring (bicyclic) bond motifs is 6. The molecule has 4 bridgehead atoms. The van der Waals surface area contributed by atoms with Crippen molar-refractivity contribution < 1.29 is 5.48 Å². The van der Waals surface area contributed by atoms with Crippen molar-refractivity contribution in [2.24, 2.45) is 11.8 Å². The summed E-state index contributed by atoms with van der Waals surface area (Å²) in [5, 5.41) is 0. The highest BCUT2D eigenvalue weighted by Gasteiger charge is 2.25. The minimum atomic E-state index is 0. The number of piperidine rings is 6. The maximum atomic E-state index is 2.58. The van der Waals surface area contributed by atoms with Crippen molar-refractivity contribution in [2.45, 2.75) is 38.5 Å². The number of rotatable bonds is 0. The molecular weight excluding hydrogens is 212 g/mol. The molecule has 0 aromatic carbocycles. The van der Waals surface area contributed by atoms with E-state index in [0.29, 0.717) is 0 Å². The van der Waals surface area contributed by atoms with Crippen LogP contribution in [0.1, 0.15) is 38.5 Å². The summed E-state index contributed by atoms with van der Waals surface area (Å²) < 4.78 is 0. The van der Waals surface area contributed by atoms with E-state index in [9.17, 15) is 0 Å². The second kappa shape index (κ2) is 6.17. The van der Waals surface area contributed by atoms with E-state index in [0.717, 1.165) is 11.8 Å². The normalized spacial score (nSPS) is 42.4. The zero-order valence-electron chi connectivity index (χ0n) is 11.0. The van der Waals surface area contributed by atoms with Crippen LogP contribution in [0.15, 0.2) is 0 Å². The van der Waals surface area contributed by atoms with Crippen LogP contribution in [-0.2, 0) is 0 Å². The molecule has 6 aliphatic rings. The molecule has 3 heteroatoms. The largest absolute Gasteiger partial charge is 0.412 e. The van der Waals surface area contributed by atoms with Crippen molar-refractivity contribution in [1.82, 2.24) is 9.80 Å². The van der Waals surface area contributed by atoms with Gasteiger partial charge < -0.3 is 15.3 Å². The molecule has 0 spiro atoms. The summed E-state index contributed by atoms with van der Waals surface area (Å²) in [5.74, 6) is 2.22. The molecule has 2 N–H and O–H groups in total. The summed E-state index contributed by atoms with van der Waals surface area (Å²) in [6.07, 6.45) is 8.92. The maximum absolute atomic E-state index is 2.58. The van der Waals surface area contributed by atoms with Gasteiger partial charge in [-0.15, -0.1) is 0 Å². The van der Waals surface area contributed by atoms with Crippen LogP contribution in [0.3, 0.4) is 0 Å². The molecule has 0 atom stereocenters.